The fraction of sp³-hybridized carbons (Fsp3) is 0.529. The molecule has 0 bridgehead atoms. The predicted molar refractivity (Wildman–Crippen MR) is 89.0 cm³/mol. The molecule has 1 fully saturated rings. The number of rotatable bonds is 4. The van der Waals surface area contributed by atoms with Crippen molar-refractivity contribution in [1.29, 1.82) is 0 Å². The Labute approximate surface area is 134 Å². The van der Waals surface area contributed by atoms with E-state index in [0.717, 1.165) is 31.4 Å². The van der Waals surface area contributed by atoms with Crippen molar-refractivity contribution in [3.8, 4) is 0 Å². The van der Waals surface area contributed by atoms with Crippen molar-refractivity contribution in [3.63, 3.8) is 0 Å². The molecule has 0 aromatic heterocycles. The summed E-state index contributed by atoms with van der Waals surface area (Å²) in [5, 5.41) is 2.95. The smallest absolute Gasteiger partial charge is 0.227 e. The van der Waals surface area contributed by atoms with Crippen LogP contribution in [0.2, 0.25) is 0 Å². The number of anilines is 1. The van der Waals surface area contributed by atoms with Gasteiger partial charge in [0.25, 0.3) is 0 Å². The molecule has 1 saturated carbocycles. The molecule has 0 radical (unpaired) electrons. The highest BCUT2D eigenvalue weighted by molar-refractivity contribution is 9.10. The zero-order valence-corrected chi connectivity index (χ0v) is 14.2. The van der Waals surface area contributed by atoms with Crippen LogP contribution in [0.1, 0.15) is 56.3 Å². The maximum Gasteiger partial charge on any atom is 0.227 e. The van der Waals surface area contributed by atoms with Crippen molar-refractivity contribution in [2.24, 2.45) is 5.92 Å². The molecule has 1 aliphatic carbocycles. The number of Topliss-reactive ketones (excluding diaryl/α,β-unsaturated/α-hetero) is 1. The Balaban J connectivity index is 1.99. The van der Waals surface area contributed by atoms with Gasteiger partial charge in [0, 0.05) is 17.2 Å². The quantitative estimate of drug-likeness (QED) is 0.638. The van der Waals surface area contributed by atoms with Gasteiger partial charge in [0.1, 0.15) is 0 Å². The zero-order valence-electron chi connectivity index (χ0n) is 12.6. The summed E-state index contributed by atoms with van der Waals surface area (Å²) in [4.78, 5) is 24.3. The Morgan fingerprint density at radius 2 is 1.67 bits per heavy atom. The molecule has 1 aromatic rings. The molecule has 0 unspecified atom stereocenters. The lowest BCUT2D eigenvalue weighted by Gasteiger charge is -2.21. The van der Waals surface area contributed by atoms with Gasteiger partial charge in [0.15, 0.2) is 5.78 Å². The summed E-state index contributed by atoms with van der Waals surface area (Å²) in [6, 6.07) is 7.13. The van der Waals surface area contributed by atoms with Crippen LogP contribution >= 0.6 is 15.9 Å². The highest BCUT2D eigenvalue weighted by Gasteiger charge is 2.25. The van der Waals surface area contributed by atoms with E-state index in [1.807, 2.05) is 13.8 Å². The summed E-state index contributed by atoms with van der Waals surface area (Å²) in [7, 11) is 0. The van der Waals surface area contributed by atoms with Crippen LogP contribution in [0.3, 0.4) is 0 Å². The van der Waals surface area contributed by atoms with Crippen molar-refractivity contribution in [2.75, 3.05) is 5.32 Å². The minimum absolute atomic E-state index is 0.0349. The SMILES string of the molecule is CC(C)(Br)C(=O)c1ccc(NC(=O)C2CCCCC2)cc1. The Hall–Kier alpha value is -1.16. The Kier molecular flexibility index (Phi) is 5.20. The van der Waals surface area contributed by atoms with Crippen LogP contribution in [-0.2, 0) is 4.79 Å². The molecule has 0 spiro atoms. The molecule has 21 heavy (non-hydrogen) atoms. The van der Waals surface area contributed by atoms with Crippen molar-refractivity contribution < 1.29 is 9.59 Å². The second-order valence-electron chi connectivity index (χ2n) is 6.20. The molecular weight excluding hydrogens is 330 g/mol. The maximum atomic E-state index is 12.2. The molecule has 0 aliphatic heterocycles. The van der Waals surface area contributed by atoms with E-state index in [9.17, 15) is 9.59 Å². The molecule has 3 nitrogen and oxygen atoms in total. The number of nitrogens with one attached hydrogen (secondary N) is 1. The van der Waals surface area contributed by atoms with Gasteiger partial charge in [-0.1, -0.05) is 35.2 Å². The van der Waals surface area contributed by atoms with Gasteiger partial charge in [-0.2, -0.15) is 0 Å². The van der Waals surface area contributed by atoms with Crippen LogP contribution in [0.25, 0.3) is 0 Å². The van der Waals surface area contributed by atoms with Gasteiger partial charge in [-0.3, -0.25) is 9.59 Å². The number of benzene rings is 1. The van der Waals surface area contributed by atoms with Gasteiger partial charge < -0.3 is 5.32 Å². The third-order valence-corrected chi connectivity index (χ3v) is 4.29. The summed E-state index contributed by atoms with van der Waals surface area (Å²) < 4.78 is -0.570. The molecular formula is C17H22BrNO2. The third-order valence-electron chi connectivity index (χ3n) is 3.93. The average molecular weight is 352 g/mol. The standard InChI is InChI=1S/C17H22BrNO2/c1-17(2,18)15(20)12-8-10-14(11-9-12)19-16(21)13-6-4-3-5-7-13/h8-11,13H,3-7H2,1-2H3,(H,19,21). The molecule has 0 saturated heterocycles. The Morgan fingerprint density at radius 3 is 2.19 bits per heavy atom. The second kappa shape index (κ2) is 6.73. The van der Waals surface area contributed by atoms with Gasteiger partial charge in [-0.15, -0.1) is 0 Å². The number of halogens is 1. The van der Waals surface area contributed by atoms with Crippen molar-refractivity contribution in [2.45, 2.75) is 50.3 Å². The van der Waals surface area contributed by atoms with E-state index in [2.05, 4.69) is 21.2 Å². The molecule has 0 heterocycles. The lowest BCUT2D eigenvalue weighted by atomic mass is 9.88. The van der Waals surface area contributed by atoms with Crippen molar-refractivity contribution in [3.05, 3.63) is 29.8 Å². The number of ketones is 1. The molecule has 1 aromatic carbocycles. The van der Waals surface area contributed by atoms with Gasteiger partial charge in [-0.25, -0.2) is 0 Å². The number of amides is 1. The summed E-state index contributed by atoms with van der Waals surface area (Å²) in [5.74, 6) is 0.281. The average Bonchev–Trinajstić information content (AvgIpc) is 2.47. The lowest BCUT2D eigenvalue weighted by Crippen LogP contribution is -2.25. The largest absolute Gasteiger partial charge is 0.326 e. The van der Waals surface area contributed by atoms with E-state index < -0.39 is 4.32 Å². The first-order chi connectivity index (χ1) is 9.88. The fourth-order valence-corrected chi connectivity index (χ4v) is 2.89. The topological polar surface area (TPSA) is 46.2 Å². The summed E-state index contributed by atoms with van der Waals surface area (Å²) in [6.45, 7) is 3.65. The molecule has 114 valence electrons. The first kappa shape index (κ1) is 16.2. The minimum Gasteiger partial charge on any atom is -0.326 e. The highest BCUT2D eigenvalue weighted by atomic mass is 79.9. The van der Waals surface area contributed by atoms with Crippen LogP contribution in [0.15, 0.2) is 24.3 Å². The fourth-order valence-electron chi connectivity index (χ4n) is 2.66. The monoisotopic (exact) mass is 351 g/mol. The van der Waals surface area contributed by atoms with Crippen molar-refractivity contribution in [1.82, 2.24) is 0 Å². The van der Waals surface area contributed by atoms with Crippen molar-refractivity contribution >= 4 is 33.3 Å². The zero-order chi connectivity index (χ0) is 15.5. The molecule has 1 N–H and O–H groups in total. The van der Waals surface area contributed by atoms with E-state index in [1.165, 1.54) is 6.42 Å². The van der Waals surface area contributed by atoms with E-state index in [-0.39, 0.29) is 17.6 Å². The van der Waals surface area contributed by atoms with Gasteiger partial charge in [0.05, 0.1) is 4.32 Å². The van der Waals surface area contributed by atoms with E-state index >= 15 is 0 Å². The molecule has 4 heteroatoms. The first-order valence-corrected chi connectivity index (χ1v) is 8.32. The van der Waals surface area contributed by atoms with E-state index in [1.54, 1.807) is 24.3 Å². The number of alkyl halides is 1. The normalized spacial score (nSPS) is 16.5. The number of hydrogen-bond donors (Lipinski definition) is 1. The molecule has 1 amide bonds. The molecule has 1 aliphatic rings. The van der Waals surface area contributed by atoms with Crippen LogP contribution in [0.5, 0.6) is 0 Å². The predicted octanol–water partition coefficient (Wildman–Crippen LogP) is 4.56. The summed E-state index contributed by atoms with van der Waals surface area (Å²) in [6.07, 6.45) is 5.50. The van der Waals surface area contributed by atoms with Crippen LogP contribution in [-0.4, -0.2) is 16.0 Å². The van der Waals surface area contributed by atoms with Crippen LogP contribution in [0, 0.1) is 5.92 Å². The number of carbonyl (C=O) groups is 2. The van der Waals surface area contributed by atoms with Gasteiger partial charge in [0.2, 0.25) is 5.91 Å². The van der Waals surface area contributed by atoms with Gasteiger partial charge >= 0.3 is 0 Å². The third kappa shape index (κ3) is 4.40. The van der Waals surface area contributed by atoms with E-state index in [4.69, 9.17) is 0 Å². The minimum atomic E-state index is -0.570. The highest BCUT2D eigenvalue weighted by Crippen LogP contribution is 2.26. The molecule has 0 atom stereocenters. The maximum absolute atomic E-state index is 12.2. The first-order valence-electron chi connectivity index (χ1n) is 7.52. The number of hydrogen-bond acceptors (Lipinski definition) is 2. The lowest BCUT2D eigenvalue weighted by molar-refractivity contribution is -0.120. The summed E-state index contributed by atoms with van der Waals surface area (Å²) in [5.41, 5.74) is 1.40. The van der Waals surface area contributed by atoms with Crippen LogP contribution in [0.4, 0.5) is 5.69 Å². The summed E-state index contributed by atoms with van der Waals surface area (Å²) >= 11 is 3.37. The molecule has 2 rings (SSSR count). The van der Waals surface area contributed by atoms with Gasteiger partial charge in [-0.05, 0) is 51.0 Å². The Bertz CT molecular complexity index is 511. The van der Waals surface area contributed by atoms with E-state index in [0.29, 0.717) is 5.56 Å². The van der Waals surface area contributed by atoms with Crippen LogP contribution < -0.4 is 5.32 Å². The Morgan fingerprint density at radius 1 is 1.10 bits per heavy atom. The number of carbonyl (C=O) groups excluding carboxylic acids is 2. The second-order valence-corrected chi connectivity index (χ2v) is 8.19.